The van der Waals surface area contributed by atoms with Crippen LogP contribution in [0.5, 0.6) is 0 Å². The number of primary amides is 1. The van der Waals surface area contributed by atoms with E-state index < -0.39 is 0 Å². The summed E-state index contributed by atoms with van der Waals surface area (Å²) < 4.78 is 0. The summed E-state index contributed by atoms with van der Waals surface area (Å²) >= 11 is 1.97. The van der Waals surface area contributed by atoms with Crippen LogP contribution in [0, 0.1) is 0 Å². The van der Waals surface area contributed by atoms with Crippen molar-refractivity contribution in [3.05, 3.63) is 0 Å². The lowest BCUT2D eigenvalue weighted by molar-refractivity contribution is -0.123. The number of hydrogen-bond donors (Lipinski definition) is 1. The minimum absolute atomic E-state index is 0.0429. The molecule has 1 aliphatic heterocycles. The third-order valence-electron chi connectivity index (χ3n) is 2.41. The highest BCUT2D eigenvalue weighted by atomic mass is 32.2. The lowest BCUT2D eigenvalue weighted by Crippen LogP contribution is -2.45. The van der Waals surface area contributed by atoms with Gasteiger partial charge >= 0.3 is 0 Å². The number of thioether (sulfide) groups is 1. The molecule has 2 N–H and O–H groups in total. The Bertz CT molecular complexity index is 167. The van der Waals surface area contributed by atoms with Crippen molar-refractivity contribution in [3.63, 3.8) is 0 Å². The lowest BCUT2D eigenvalue weighted by Gasteiger charge is -2.26. The molecule has 1 amide bonds. The van der Waals surface area contributed by atoms with Crippen LogP contribution in [0.4, 0.5) is 0 Å². The summed E-state index contributed by atoms with van der Waals surface area (Å²) in [6, 6.07) is -0.0429. The van der Waals surface area contributed by atoms with E-state index in [0.29, 0.717) is 0 Å². The molecule has 0 saturated carbocycles. The van der Waals surface area contributed by atoms with E-state index in [1.54, 1.807) is 0 Å². The molecule has 4 heteroatoms. The maximum atomic E-state index is 11.1. The van der Waals surface area contributed by atoms with Crippen LogP contribution in [0.1, 0.15) is 19.8 Å². The van der Waals surface area contributed by atoms with Crippen LogP contribution in [0.25, 0.3) is 0 Å². The number of hydrogen-bond acceptors (Lipinski definition) is 3. The monoisotopic (exact) mass is 202 g/mol. The van der Waals surface area contributed by atoms with Crippen LogP contribution in [-0.2, 0) is 4.79 Å². The third-order valence-corrected chi connectivity index (χ3v) is 3.46. The highest BCUT2D eigenvalue weighted by Gasteiger charge is 2.22. The summed E-state index contributed by atoms with van der Waals surface area (Å²) in [7, 11) is 0. The van der Waals surface area contributed by atoms with E-state index in [9.17, 15) is 4.79 Å². The molecule has 0 aromatic rings. The van der Waals surface area contributed by atoms with Gasteiger partial charge in [0.2, 0.25) is 5.91 Å². The number of rotatable bonds is 3. The fourth-order valence-corrected chi connectivity index (χ4v) is 2.62. The zero-order valence-corrected chi connectivity index (χ0v) is 8.98. The topological polar surface area (TPSA) is 46.3 Å². The van der Waals surface area contributed by atoms with Crippen molar-refractivity contribution in [2.45, 2.75) is 25.8 Å². The standard InChI is InChI=1S/C9H18N2OS/c1-2-8(9(10)12)11-4-3-6-13-7-5-11/h8H,2-7H2,1H3,(H2,10,12). The summed E-state index contributed by atoms with van der Waals surface area (Å²) in [5, 5.41) is 0. The fraction of sp³-hybridized carbons (Fsp3) is 0.889. The minimum atomic E-state index is -0.172. The second-order valence-corrected chi connectivity index (χ2v) is 4.55. The van der Waals surface area contributed by atoms with Crippen molar-refractivity contribution in [3.8, 4) is 0 Å². The molecule has 1 fully saturated rings. The van der Waals surface area contributed by atoms with Crippen LogP contribution in [0.15, 0.2) is 0 Å². The van der Waals surface area contributed by atoms with E-state index >= 15 is 0 Å². The third kappa shape index (κ3) is 3.19. The molecule has 13 heavy (non-hydrogen) atoms. The quantitative estimate of drug-likeness (QED) is 0.732. The predicted octanol–water partition coefficient (Wildman–Crippen LogP) is 0.689. The molecule has 1 atom stereocenters. The Kier molecular flexibility index (Phi) is 4.59. The first-order chi connectivity index (χ1) is 6.25. The zero-order valence-electron chi connectivity index (χ0n) is 8.16. The van der Waals surface area contributed by atoms with E-state index in [2.05, 4.69) is 4.90 Å². The molecular weight excluding hydrogens is 184 g/mol. The van der Waals surface area contributed by atoms with E-state index in [4.69, 9.17) is 5.73 Å². The summed E-state index contributed by atoms with van der Waals surface area (Å²) in [6.45, 7) is 4.05. The first kappa shape index (κ1) is 10.9. The zero-order chi connectivity index (χ0) is 9.68. The molecule has 1 unspecified atom stereocenters. The molecular formula is C9H18N2OS. The number of carbonyl (C=O) groups is 1. The Hall–Kier alpha value is -0.220. The number of amides is 1. The van der Waals surface area contributed by atoms with Crippen molar-refractivity contribution in [1.29, 1.82) is 0 Å². The van der Waals surface area contributed by atoms with Crippen molar-refractivity contribution < 1.29 is 4.79 Å². The molecule has 1 rings (SSSR count). The van der Waals surface area contributed by atoms with Gasteiger partial charge in [-0.1, -0.05) is 6.92 Å². The van der Waals surface area contributed by atoms with Gasteiger partial charge in [0, 0.05) is 12.3 Å². The first-order valence-corrected chi connectivity index (χ1v) is 6.02. The van der Waals surface area contributed by atoms with Gasteiger partial charge in [0.25, 0.3) is 0 Å². The van der Waals surface area contributed by atoms with Crippen LogP contribution in [0.2, 0.25) is 0 Å². The molecule has 1 aliphatic rings. The Morgan fingerprint density at radius 2 is 2.31 bits per heavy atom. The molecule has 0 bridgehead atoms. The van der Waals surface area contributed by atoms with Crippen molar-refractivity contribution in [2.24, 2.45) is 5.73 Å². The molecule has 1 heterocycles. The lowest BCUT2D eigenvalue weighted by atomic mass is 10.1. The second kappa shape index (κ2) is 5.50. The molecule has 0 aromatic carbocycles. The second-order valence-electron chi connectivity index (χ2n) is 3.33. The summed E-state index contributed by atoms with van der Waals surface area (Å²) in [5.74, 6) is 2.17. The van der Waals surface area contributed by atoms with E-state index in [-0.39, 0.29) is 11.9 Å². The average Bonchev–Trinajstić information content (AvgIpc) is 2.33. The Morgan fingerprint density at radius 1 is 1.54 bits per heavy atom. The van der Waals surface area contributed by atoms with Crippen LogP contribution in [0.3, 0.4) is 0 Å². The Morgan fingerprint density at radius 3 is 2.92 bits per heavy atom. The molecule has 3 nitrogen and oxygen atoms in total. The first-order valence-electron chi connectivity index (χ1n) is 4.86. The van der Waals surface area contributed by atoms with Gasteiger partial charge in [0.05, 0.1) is 6.04 Å². The molecule has 1 saturated heterocycles. The van der Waals surface area contributed by atoms with E-state index in [1.807, 2.05) is 18.7 Å². The van der Waals surface area contributed by atoms with Gasteiger partial charge in [-0.3, -0.25) is 9.69 Å². The Balaban J connectivity index is 2.50. The minimum Gasteiger partial charge on any atom is -0.368 e. The highest BCUT2D eigenvalue weighted by Crippen LogP contribution is 2.13. The van der Waals surface area contributed by atoms with Gasteiger partial charge in [-0.05, 0) is 25.1 Å². The van der Waals surface area contributed by atoms with Crippen LogP contribution < -0.4 is 5.73 Å². The Labute approximate surface area is 84.0 Å². The van der Waals surface area contributed by atoms with Gasteiger partial charge < -0.3 is 5.73 Å². The van der Waals surface area contributed by atoms with Crippen molar-refractivity contribution in [1.82, 2.24) is 4.90 Å². The maximum Gasteiger partial charge on any atom is 0.234 e. The highest BCUT2D eigenvalue weighted by molar-refractivity contribution is 7.99. The molecule has 76 valence electrons. The fourth-order valence-electron chi connectivity index (χ4n) is 1.72. The molecule has 0 radical (unpaired) electrons. The average molecular weight is 202 g/mol. The van der Waals surface area contributed by atoms with Crippen molar-refractivity contribution >= 4 is 17.7 Å². The summed E-state index contributed by atoms with van der Waals surface area (Å²) in [5.41, 5.74) is 5.34. The van der Waals surface area contributed by atoms with Crippen LogP contribution >= 0.6 is 11.8 Å². The summed E-state index contributed by atoms with van der Waals surface area (Å²) in [6.07, 6.45) is 2.01. The van der Waals surface area contributed by atoms with E-state index in [1.165, 1.54) is 12.2 Å². The van der Waals surface area contributed by atoms with E-state index in [0.717, 1.165) is 25.3 Å². The normalized spacial score (nSPS) is 22.2. The number of carbonyl (C=O) groups excluding carboxylic acids is 1. The number of nitrogens with two attached hydrogens (primary N) is 1. The largest absolute Gasteiger partial charge is 0.368 e. The van der Waals surface area contributed by atoms with Gasteiger partial charge in [-0.15, -0.1) is 0 Å². The van der Waals surface area contributed by atoms with Gasteiger partial charge in [-0.25, -0.2) is 0 Å². The van der Waals surface area contributed by atoms with Gasteiger partial charge in [-0.2, -0.15) is 11.8 Å². The molecule has 0 aromatic heterocycles. The van der Waals surface area contributed by atoms with Crippen molar-refractivity contribution in [2.75, 3.05) is 24.6 Å². The van der Waals surface area contributed by atoms with Gasteiger partial charge in [0.1, 0.15) is 0 Å². The molecule has 0 spiro atoms. The summed E-state index contributed by atoms with van der Waals surface area (Å²) in [4.78, 5) is 13.3. The SMILES string of the molecule is CCC(C(N)=O)N1CCCSCC1. The molecule has 0 aliphatic carbocycles. The maximum absolute atomic E-state index is 11.1. The number of nitrogens with zero attached hydrogens (tertiary/aromatic N) is 1. The van der Waals surface area contributed by atoms with Gasteiger partial charge in [0.15, 0.2) is 0 Å². The van der Waals surface area contributed by atoms with Crippen LogP contribution in [-0.4, -0.2) is 41.4 Å². The predicted molar refractivity (Wildman–Crippen MR) is 56.8 cm³/mol. The smallest absolute Gasteiger partial charge is 0.234 e.